The molecule has 2 aromatic rings. The van der Waals surface area contributed by atoms with Gasteiger partial charge in [0, 0.05) is 43.6 Å². The number of ketones is 1. The predicted octanol–water partition coefficient (Wildman–Crippen LogP) is 3.82. The van der Waals surface area contributed by atoms with E-state index < -0.39 is 0 Å². The van der Waals surface area contributed by atoms with Crippen LogP contribution >= 0.6 is 0 Å². The largest absolute Gasteiger partial charge is 0.341 e. The molecule has 0 bridgehead atoms. The van der Waals surface area contributed by atoms with Crippen LogP contribution in [-0.4, -0.2) is 53.7 Å². The lowest BCUT2D eigenvalue weighted by Gasteiger charge is -2.37. The molecule has 0 N–H and O–H groups in total. The molecule has 0 saturated carbocycles. The first-order valence-electron chi connectivity index (χ1n) is 10.9. The highest BCUT2D eigenvalue weighted by atomic mass is 16.2. The molecule has 4 rings (SSSR count). The molecule has 4 nitrogen and oxygen atoms in total. The van der Waals surface area contributed by atoms with Crippen LogP contribution in [0.2, 0.25) is 0 Å². The number of nitrogens with zero attached hydrogens (tertiary/aromatic N) is 2. The summed E-state index contributed by atoms with van der Waals surface area (Å²) in [5.74, 6) is 0.0173. The van der Waals surface area contributed by atoms with Gasteiger partial charge in [0.25, 0.3) is 0 Å². The Bertz CT molecular complexity index is 821. The Labute approximate surface area is 173 Å². The van der Waals surface area contributed by atoms with E-state index in [1.54, 1.807) is 0 Å². The van der Waals surface area contributed by atoms with Crippen LogP contribution in [0.4, 0.5) is 0 Å². The standard InChI is InChI=1S/C25H30N2O2/c28-24-18-22(25(29)21-11-5-2-6-12-21)19-27(24)16-15-26-14-8-7-13-23(26)17-20-9-3-1-4-10-20/h1-6,9-12,22-23H,7-8,13-19H2. The van der Waals surface area contributed by atoms with Crippen molar-refractivity contribution in [1.82, 2.24) is 9.80 Å². The Morgan fingerprint density at radius 1 is 0.931 bits per heavy atom. The maximum atomic E-state index is 12.7. The lowest BCUT2D eigenvalue weighted by atomic mass is 9.95. The van der Waals surface area contributed by atoms with Crippen molar-refractivity contribution in [2.75, 3.05) is 26.2 Å². The van der Waals surface area contributed by atoms with E-state index in [0.29, 0.717) is 24.6 Å². The number of Topliss-reactive ketones (excluding diaryl/α,β-unsaturated/α-hetero) is 1. The molecule has 2 heterocycles. The highest BCUT2D eigenvalue weighted by molar-refractivity contribution is 6.01. The van der Waals surface area contributed by atoms with E-state index in [0.717, 1.165) is 26.1 Å². The number of piperidine rings is 1. The van der Waals surface area contributed by atoms with Gasteiger partial charge in [-0.05, 0) is 31.4 Å². The Kier molecular flexibility index (Phi) is 6.40. The van der Waals surface area contributed by atoms with Gasteiger partial charge in [-0.1, -0.05) is 67.1 Å². The summed E-state index contributed by atoms with van der Waals surface area (Å²) in [4.78, 5) is 29.7. The van der Waals surface area contributed by atoms with Crippen molar-refractivity contribution in [1.29, 1.82) is 0 Å². The molecule has 2 atom stereocenters. The summed E-state index contributed by atoms with van der Waals surface area (Å²) in [7, 11) is 0. The molecule has 0 aliphatic carbocycles. The SMILES string of the molecule is O=C(c1ccccc1)C1CC(=O)N(CCN2CCCCC2Cc2ccccc2)C1. The van der Waals surface area contributed by atoms with Gasteiger partial charge in [-0.3, -0.25) is 14.5 Å². The highest BCUT2D eigenvalue weighted by Crippen LogP contribution is 2.24. The molecule has 2 fully saturated rings. The highest BCUT2D eigenvalue weighted by Gasteiger charge is 2.35. The molecule has 2 aliphatic heterocycles. The minimum Gasteiger partial charge on any atom is -0.341 e. The maximum absolute atomic E-state index is 12.7. The van der Waals surface area contributed by atoms with Crippen molar-refractivity contribution >= 4 is 11.7 Å². The molecule has 4 heteroatoms. The third kappa shape index (κ3) is 4.94. The third-order valence-corrected chi connectivity index (χ3v) is 6.36. The summed E-state index contributed by atoms with van der Waals surface area (Å²) in [6, 6.07) is 20.6. The Balaban J connectivity index is 1.33. The number of likely N-dealkylation sites (tertiary alicyclic amines) is 2. The van der Waals surface area contributed by atoms with Crippen molar-refractivity contribution in [3.63, 3.8) is 0 Å². The zero-order valence-corrected chi connectivity index (χ0v) is 17.0. The quantitative estimate of drug-likeness (QED) is 0.675. The van der Waals surface area contributed by atoms with Crippen LogP contribution in [-0.2, 0) is 11.2 Å². The van der Waals surface area contributed by atoms with Crippen LogP contribution in [0.1, 0.15) is 41.6 Å². The lowest BCUT2D eigenvalue weighted by molar-refractivity contribution is -0.128. The molecule has 29 heavy (non-hydrogen) atoms. The van der Waals surface area contributed by atoms with Gasteiger partial charge in [0.05, 0.1) is 0 Å². The van der Waals surface area contributed by atoms with Crippen LogP contribution in [0.25, 0.3) is 0 Å². The zero-order valence-electron chi connectivity index (χ0n) is 17.0. The number of hydrogen-bond donors (Lipinski definition) is 0. The molecular weight excluding hydrogens is 360 g/mol. The Hall–Kier alpha value is -2.46. The number of carbonyl (C=O) groups is 2. The van der Waals surface area contributed by atoms with E-state index in [4.69, 9.17) is 0 Å². The first kappa shape index (κ1) is 19.8. The second-order valence-electron chi connectivity index (χ2n) is 8.35. The molecule has 2 aromatic carbocycles. The topological polar surface area (TPSA) is 40.6 Å². The van der Waals surface area contributed by atoms with Gasteiger partial charge in [-0.2, -0.15) is 0 Å². The predicted molar refractivity (Wildman–Crippen MR) is 115 cm³/mol. The summed E-state index contributed by atoms with van der Waals surface area (Å²) in [5.41, 5.74) is 2.10. The molecular formula is C25H30N2O2. The van der Waals surface area contributed by atoms with Gasteiger partial charge >= 0.3 is 0 Å². The summed E-state index contributed by atoms with van der Waals surface area (Å²) >= 11 is 0. The van der Waals surface area contributed by atoms with Crippen molar-refractivity contribution in [3.8, 4) is 0 Å². The smallest absolute Gasteiger partial charge is 0.223 e. The Morgan fingerprint density at radius 3 is 2.41 bits per heavy atom. The van der Waals surface area contributed by atoms with Gasteiger partial charge in [0.15, 0.2) is 5.78 Å². The summed E-state index contributed by atoms with van der Waals surface area (Å²) < 4.78 is 0. The molecule has 2 unspecified atom stereocenters. The van der Waals surface area contributed by atoms with Crippen LogP contribution in [0.3, 0.4) is 0 Å². The molecule has 0 aromatic heterocycles. The molecule has 1 amide bonds. The van der Waals surface area contributed by atoms with Crippen LogP contribution in [0.5, 0.6) is 0 Å². The fraction of sp³-hybridized carbons (Fsp3) is 0.440. The zero-order chi connectivity index (χ0) is 20.1. The van der Waals surface area contributed by atoms with Crippen molar-refractivity contribution in [2.24, 2.45) is 5.92 Å². The van der Waals surface area contributed by atoms with Crippen molar-refractivity contribution < 1.29 is 9.59 Å². The van der Waals surface area contributed by atoms with Crippen LogP contribution in [0.15, 0.2) is 60.7 Å². The fourth-order valence-corrected chi connectivity index (χ4v) is 4.72. The van der Waals surface area contributed by atoms with E-state index in [1.165, 1.54) is 24.8 Å². The summed E-state index contributed by atoms with van der Waals surface area (Å²) in [6.45, 7) is 3.29. The molecule has 152 valence electrons. The number of hydrogen-bond acceptors (Lipinski definition) is 3. The van der Waals surface area contributed by atoms with E-state index in [1.807, 2.05) is 35.2 Å². The monoisotopic (exact) mass is 390 g/mol. The fourth-order valence-electron chi connectivity index (χ4n) is 4.72. The lowest BCUT2D eigenvalue weighted by Crippen LogP contribution is -2.45. The number of carbonyl (C=O) groups excluding carboxylic acids is 2. The van der Waals surface area contributed by atoms with Crippen LogP contribution < -0.4 is 0 Å². The molecule has 0 radical (unpaired) electrons. The van der Waals surface area contributed by atoms with Gasteiger partial charge in [-0.25, -0.2) is 0 Å². The molecule has 2 aliphatic rings. The minimum absolute atomic E-state index is 0.0985. The number of benzene rings is 2. The minimum atomic E-state index is -0.202. The summed E-state index contributed by atoms with van der Waals surface area (Å²) in [6.07, 6.45) is 5.15. The maximum Gasteiger partial charge on any atom is 0.223 e. The van der Waals surface area contributed by atoms with Crippen molar-refractivity contribution in [2.45, 2.75) is 38.1 Å². The van der Waals surface area contributed by atoms with Gasteiger partial charge in [0.2, 0.25) is 5.91 Å². The normalized spacial score (nSPS) is 22.8. The molecule has 0 spiro atoms. The second-order valence-corrected chi connectivity index (χ2v) is 8.35. The number of amides is 1. The summed E-state index contributed by atoms with van der Waals surface area (Å²) in [5, 5.41) is 0. The van der Waals surface area contributed by atoms with Crippen molar-refractivity contribution in [3.05, 3.63) is 71.8 Å². The third-order valence-electron chi connectivity index (χ3n) is 6.36. The second kappa shape index (κ2) is 9.36. The first-order chi connectivity index (χ1) is 14.2. The Morgan fingerprint density at radius 2 is 1.66 bits per heavy atom. The average Bonchev–Trinajstić information content (AvgIpc) is 3.14. The average molecular weight is 391 g/mol. The van der Waals surface area contributed by atoms with E-state index in [2.05, 4.69) is 35.2 Å². The van der Waals surface area contributed by atoms with Gasteiger partial charge in [-0.15, -0.1) is 0 Å². The van der Waals surface area contributed by atoms with Gasteiger partial charge < -0.3 is 4.90 Å². The van der Waals surface area contributed by atoms with E-state index in [-0.39, 0.29) is 17.6 Å². The van der Waals surface area contributed by atoms with E-state index >= 15 is 0 Å². The first-order valence-corrected chi connectivity index (χ1v) is 10.9. The van der Waals surface area contributed by atoms with Gasteiger partial charge in [0.1, 0.15) is 0 Å². The number of rotatable bonds is 7. The molecule has 2 saturated heterocycles. The van der Waals surface area contributed by atoms with E-state index in [9.17, 15) is 9.59 Å². The van der Waals surface area contributed by atoms with Crippen LogP contribution in [0, 0.1) is 5.92 Å².